The standard InChI is InChI=1S/C20H34O3/c1-18-8-6-13(21)10-12(18)4-5-14-15(18)7-9-19(2)16(14)11-17(22)20(19,3)23/h12-17,21-23H,4-11H2,1-3H3/t12-,13-,14-,15-,16+,17-,18+,19+,20+/m1/s1. The van der Waals surface area contributed by atoms with E-state index in [0.717, 1.165) is 32.1 Å². The van der Waals surface area contributed by atoms with Gasteiger partial charge in [-0.25, -0.2) is 0 Å². The molecule has 132 valence electrons. The molecule has 9 atom stereocenters. The largest absolute Gasteiger partial charge is 0.393 e. The van der Waals surface area contributed by atoms with Crippen LogP contribution in [0, 0.1) is 34.5 Å². The molecule has 4 fully saturated rings. The molecule has 0 bridgehead atoms. The fraction of sp³-hybridized carbons (Fsp3) is 1.00. The Morgan fingerprint density at radius 1 is 0.826 bits per heavy atom. The highest BCUT2D eigenvalue weighted by atomic mass is 16.3. The Labute approximate surface area is 140 Å². The molecule has 0 radical (unpaired) electrons. The van der Waals surface area contributed by atoms with Crippen LogP contribution in [0.5, 0.6) is 0 Å². The molecule has 3 nitrogen and oxygen atoms in total. The van der Waals surface area contributed by atoms with Crippen molar-refractivity contribution in [3.05, 3.63) is 0 Å². The first-order chi connectivity index (χ1) is 10.7. The van der Waals surface area contributed by atoms with Crippen molar-refractivity contribution in [2.24, 2.45) is 34.5 Å². The summed E-state index contributed by atoms with van der Waals surface area (Å²) in [5.74, 6) is 2.49. The Balaban J connectivity index is 1.65. The van der Waals surface area contributed by atoms with Gasteiger partial charge in [-0.2, -0.15) is 0 Å². The van der Waals surface area contributed by atoms with Crippen LogP contribution in [0.1, 0.15) is 72.1 Å². The SMILES string of the molecule is C[C@]12CC[C@@H](O)C[C@H]1CC[C@@H]1[C@H]2CC[C@@]2(C)[C@H]1C[C@@H](O)[C@]2(C)O. The lowest BCUT2D eigenvalue weighted by atomic mass is 9.44. The summed E-state index contributed by atoms with van der Waals surface area (Å²) in [5.41, 5.74) is -0.711. The lowest BCUT2D eigenvalue weighted by Crippen LogP contribution is -2.57. The summed E-state index contributed by atoms with van der Waals surface area (Å²) in [4.78, 5) is 0. The van der Waals surface area contributed by atoms with Gasteiger partial charge in [0, 0.05) is 5.41 Å². The zero-order valence-electron chi connectivity index (χ0n) is 15.0. The van der Waals surface area contributed by atoms with Crippen LogP contribution in [0.15, 0.2) is 0 Å². The van der Waals surface area contributed by atoms with Crippen molar-refractivity contribution >= 4 is 0 Å². The average molecular weight is 322 g/mol. The molecule has 0 amide bonds. The van der Waals surface area contributed by atoms with E-state index in [1.807, 2.05) is 6.92 Å². The number of fused-ring (bicyclic) bond motifs is 5. The van der Waals surface area contributed by atoms with Crippen molar-refractivity contribution in [3.8, 4) is 0 Å². The normalized spacial score (nSPS) is 62.3. The molecule has 4 saturated carbocycles. The smallest absolute Gasteiger partial charge is 0.0933 e. The summed E-state index contributed by atoms with van der Waals surface area (Å²) in [6.07, 6.45) is 7.87. The van der Waals surface area contributed by atoms with Crippen molar-refractivity contribution in [1.82, 2.24) is 0 Å². The van der Waals surface area contributed by atoms with Crippen molar-refractivity contribution in [2.45, 2.75) is 89.9 Å². The van der Waals surface area contributed by atoms with Crippen LogP contribution in [0.25, 0.3) is 0 Å². The predicted molar refractivity (Wildman–Crippen MR) is 89.7 cm³/mol. The van der Waals surface area contributed by atoms with Crippen LogP contribution in [0.3, 0.4) is 0 Å². The zero-order chi connectivity index (χ0) is 16.6. The van der Waals surface area contributed by atoms with Crippen molar-refractivity contribution in [1.29, 1.82) is 0 Å². The van der Waals surface area contributed by atoms with Crippen molar-refractivity contribution in [2.75, 3.05) is 0 Å². The van der Waals surface area contributed by atoms with Crippen molar-refractivity contribution < 1.29 is 15.3 Å². The Bertz CT molecular complexity index is 489. The van der Waals surface area contributed by atoms with E-state index in [4.69, 9.17) is 0 Å². The fourth-order valence-electron chi connectivity index (χ4n) is 7.47. The number of rotatable bonds is 0. The topological polar surface area (TPSA) is 60.7 Å². The number of aliphatic hydroxyl groups is 3. The Hall–Kier alpha value is -0.120. The van der Waals surface area contributed by atoms with Crippen molar-refractivity contribution in [3.63, 3.8) is 0 Å². The van der Waals surface area contributed by atoms with Crippen LogP contribution in [0.2, 0.25) is 0 Å². The Morgan fingerprint density at radius 3 is 2.30 bits per heavy atom. The fourth-order valence-corrected chi connectivity index (χ4v) is 7.47. The van der Waals surface area contributed by atoms with E-state index in [1.54, 1.807) is 0 Å². The highest BCUT2D eigenvalue weighted by molar-refractivity contribution is 5.15. The maximum atomic E-state index is 11.0. The Kier molecular flexibility index (Phi) is 3.52. The van der Waals surface area contributed by atoms with Crippen LogP contribution in [0.4, 0.5) is 0 Å². The highest BCUT2D eigenvalue weighted by Crippen LogP contribution is 2.68. The first-order valence-corrected chi connectivity index (χ1v) is 9.78. The van der Waals surface area contributed by atoms with Gasteiger partial charge in [0.2, 0.25) is 0 Å². The molecule has 0 spiro atoms. The third-order valence-corrected chi connectivity index (χ3v) is 9.31. The van der Waals surface area contributed by atoms with Gasteiger partial charge < -0.3 is 15.3 Å². The second-order valence-corrected chi connectivity index (χ2v) is 9.94. The molecule has 4 aliphatic carbocycles. The predicted octanol–water partition coefficient (Wildman–Crippen LogP) is 3.11. The van der Waals surface area contributed by atoms with E-state index in [0.29, 0.717) is 29.1 Å². The molecule has 3 N–H and O–H groups in total. The van der Waals surface area contributed by atoms with Gasteiger partial charge in [-0.1, -0.05) is 13.8 Å². The van der Waals surface area contributed by atoms with Crippen LogP contribution >= 0.6 is 0 Å². The van der Waals surface area contributed by atoms with Gasteiger partial charge in [0.1, 0.15) is 0 Å². The molecule has 0 aliphatic heterocycles. The quantitative estimate of drug-likeness (QED) is 0.642. The number of hydrogen-bond donors (Lipinski definition) is 3. The van der Waals surface area contributed by atoms with Gasteiger partial charge in [-0.3, -0.25) is 0 Å². The third kappa shape index (κ3) is 1.99. The summed E-state index contributed by atoms with van der Waals surface area (Å²) >= 11 is 0. The summed E-state index contributed by atoms with van der Waals surface area (Å²) in [7, 11) is 0. The zero-order valence-corrected chi connectivity index (χ0v) is 15.0. The lowest BCUT2D eigenvalue weighted by Gasteiger charge is -2.61. The Morgan fingerprint density at radius 2 is 1.57 bits per heavy atom. The summed E-state index contributed by atoms with van der Waals surface area (Å²) in [6, 6.07) is 0. The second kappa shape index (κ2) is 4.95. The summed E-state index contributed by atoms with van der Waals surface area (Å²) in [6.45, 7) is 6.57. The van der Waals surface area contributed by atoms with Gasteiger partial charge in [0.05, 0.1) is 17.8 Å². The summed E-state index contributed by atoms with van der Waals surface area (Å²) < 4.78 is 0. The summed E-state index contributed by atoms with van der Waals surface area (Å²) in [5, 5.41) is 31.5. The van der Waals surface area contributed by atoms with Crippen LogP contribution < -0.4 is 0 Å². The second-order valence-electron chi connectivity index (χ2n) is 9.94. The molecule has 0 saturated heterocycles. The van der Waals surface area contributed by atoms with E-state index >= 15 is 0 Å². The number of hydrogen-bond acceptors (Lipinski definition) is 3. The average Bonchev–Trinajstić information content (AvgIpc) is 2.67. The molecule has 4 aliphatic rings. The first kappa shape index (κ1) is 16.4. The van der Waals surface area contributed by atoms with Crippen LogP contribution in [-0.2, 0) is 0 Å². The van der Waals surface area contributed by atoms with Crippen LogP contribution in [-0.4, -0.2) is 33.1 Å². The van der Waals surface area contributed by atoms with E-state index < -0.39 is 11.7 Å². The molecule has 0 aromatic heterocycles. The minimum atomic E-state index is -0.941. The van der Waals surface area contributed by atoms with Gasteiger partial charge in [0.15, 0.2) is 0 Å². The highest BCUT2D eigenvalue weighted by Gasteiger charge is 2.66. The van der Waals surface area contributed by atoms with Gasteiger partial charge >= 0.3 is 0 Å². The minimum absolute atomic E-state index is 0.0903. The third-order valence-electron chi connectivity index (χ3n) is 9.31. The maximum absolute atomic E-state index is 11.0. The monoisotopic (exact) mass is 322 g/mol. The van der Waals surface area contributed by atoms with Gasteiger partial charge in [0.25, 0.3) is 0 Å². The van der Waals surface area contributed by atoms with Gasteiger partial charge in [-0.05, 0) is 87.4 Å². The minimum Gasteiger partial charge on any atom is -0.393 e. The first-order valence-electron chi connectivity index (χ1n) is 9.78. The molecule has 3 heteroatoms. The molecular formula is C20H34O3. The molecule has 4 rings (SSSR count). The molecule has 0 unspecified atom stereocenters. The molecule has 0 aromatic carbocycles. The molecule has 23 heavy (non-hydrogen) atoms. The van der Waals surface area contributed by atoms with E-state index in [-0.39, 0.29) is 11.5 Å². The van der Waals surface area contributed by atoms with E-state index in [1.165, 1.54) is 19.3 Å². The number of aliphatic hydroxyl groups excluding tert-OH is 2. The molecular weight excluding hydrogens is 288 g/mol. The molecule has 0 aromatic rings. The molecule has 0 heterocycles. The van der Waals surface area contributed by atoms with Gasteiger partial charge in [-0.15, -0.1) is 0 Å². The maximum Gasteiger partial charge on any atom is 0.0933 e. The lowest BCUT2D eigenvalue weighted by molar-refractivity contribution is -0.164. The van der Waals surface area contributed by atoms with E-state index in [9.17, 15) is 15.3 Å². The van der Waals surface area contributed by atoms with E-state index in [2.05, 4.69) is 13.8 Å².